The molecule has 1 heterocycles. The average Bonchev–Trinajstić information content (AvgIpc) is 2.24. The summed E-state index contributed by atoms with van der Waals surface area (Å²) in [6.45, 7) is 0.918. The van der Waals surface area contributed by atoms with Crippen molar-refractivity contribution >= 4 is 39.2 Å². The second-order valence-corrected chi connectivity index (χ2v) is 8.84. The van der Waals surface area contributed by atoms with Crippen LogP contribution in [0.4, 0.5) is 0 Å². The smallest absolute Gasteiger partial charge is 0.234 e. The lowest BCUT2D eigenvalue weighted by atomic mass is 10.4. The van der Waals surface area contributed by atoms with Crippen LogP contribution in [0, 0.1) is 0 Å². The molecule has 1 atom stereocenters. The molecule has 1 N–H and O–H groups in total. The van der Waals surface area contributed by atoms with Gasteiger partial charge in [-0.2, -0.15) is 11.8 Å². The van der Waals surface area contributed by atoms with E-state index < -0.39 is 9.73 Å². The molecule has 16 heavy (non-hydrogen) atoms. The minimum absolute atomic E-state index is 0.0753. The molecule has 1 aliphatic heterocycles. The van der Waals surface area contributed by atoms with Crippen LogP contribution < -0.4 is 5.32 Å². The first-order chi connectivity index (χ1) is 7.49. The monoisotopic (exact) mass is 282 g/mol. The largest absolute Gasteiger partial charge is 0.353 e. The third-order valence-corrected chi connectivity index (χ3v) is 5.48. The van der Waals surface area contributed by atoms with E-state index in [0.29, 0.717) is 13.1 Å². The molecule has 1 aliphatic rings. The lowest BCUT2D eigenvalue weighted by Gasteiger charge is -2.19. The number of carbonyl (C=O) groups is 1. The summed E-state index contributed by atoms with van der Waals surface area (Å²) in [4.78, 5) is 11.7. The fourth-order valence-corrected chi connectivity index (χ4v) is 4.31. The molecule has 0 bridgehead atoms. The van der Waals surface area contributed by atoms with Crippen molar-refractivity contribution in [3.63, 3.8) is 0 Å². The van der Waals surface area contributed by atoms with Crippen LogP contribution in [0.3, 0.4) is 0 Å². The lowest BCUT2D eigenvalue weighted by Crippen LogP contribution is -2.37. The van der Waals surface area contributed by atoms with Crippen LogP contribution in [0.5, 0.6) is 0 Å². The molecule has 0 aliphatic carbocycles. The summed E-state index contributed by atoms with van der Waals surface area (Å²) in [5.74, 6) is 3.17. The van der Waals surface area contributed by atoms with Gasteiger partial charge in [0.1, 0.15) is 0 Å². The van der Waals surface area contributed by atoms with Gasteiger partial charge in [-0.05, 0) is 0 Å². The standard InChI is InChI=1S/C9H18N2O2S3/c1-16(2,13)11-4-3-10-9(12)8-7-14-5-6-15-8/h8H,3-7H2,1-2H3,(H,10,12). The van der Waals surface area contributed by atoms with E-state index in [9.17, 15) is 9.00 Å². The fourth-order valence-electron chi connectivity index (χ4n) is 1.20. The van der Waals surface area contributed by atoms with Crippen molar-refractivity contribution in [2.24, 2.45) is 4.36 Å². The Morgan fingerprint density at radius 2 is 2.25 bits per heavy atom. The highest BCUT2D eigenvalue weighted by Gasteiger charge is 2.21. The second kappa shape index (κ2) is 6.76. The molecular weight excluding hydrogens is 264 g/mol. The molecule has 1 fully saturated rings. The Bertz CT molecular complexity index is 337. The molecule has 0 spiro atoms. The van der Waals surface area contributed by atoms with E-state index in [1.54, 1.807) is 24.3 Å². The van der Waals surface area contributed by atoms with Gasteiger partial charge in [0.15, 0.2) is 0 Å². The van der Waals surface area contributed by atoms with E-state index >= 15 is 0 Å². The zero-order valence-electron chi connectivity index (χ0n) is 9.60. The highest BCUT2D eigenvalue weighted by atomic mass is 32.2. The lowest BCUT2D eigenvalue weighted by molar-refractivity contribution is -0.120. The number of rotatable bonds is 4. The van der Waals surface area contributed by atoms with Crippen molar-refractivity contribution in [2.45, 2.75) is 5.25 Å². The highest BCUT2D eigenvalue weighted by molar-refractivity contribution is 8.07. The Labute approximate surface area is 106 Å². The summed E-state index contributed by atoms with van der Waals surface area (Å²) < 4.78 is 15.2. The normalized spacial score (nSPS) is 21.5. The number of thioether (sulfide) groups is 2. The van der Waals surface area contributed by atoms with Crippen LogP contribution in [-0.2, 0) is 14.5 Å². The van der Waals surface area contributed by atoms with E-state index in [0.717, 1.165) is 17.3 Å². The number of hydrogen-bond acceptors (Lipinski definition) is 5. The van der Waals surface area contributed by atoms with Gasteiger partial charge in [-0.15, -0.1) is 11.8 Å². The highest BCUT2D eigenvalue weighted by Crippen LogP contribution is 2.23. The first-order valence-electron chi connectivity index (χ1n) is 5.09. The first-order valence-corrected chi connectivity index (χ1v) is 9.62. The van der Waals surface area contributed by atoms with E-state index in [4.69, 9.17) is 0 Å². The topological polar surface area (TPSA) is 58.5 Å². The van der Waals surface area contributed by atoms with Crippen LogP contribution in [0.25, 0.3) is 0 Å². The van der Waals surface area contributed by atoms with Crippen LogP contribution in [-0.4, -0.2) is 58.2 Å². The van der Waals surface area contributed by atoms with Gasteiger partial charge in [-0.25, -0.2) is 4.36 Å². The molecule has 1 saturated heterocycles. The molecule has 0 aromatic rings. The SMILES string of the molecule is CS(C)(=O)=NCCNC(=O)C1CSCCS1. The molecule has 4 nitrogen and oxygen atoms in total. The summed E-state index contributed by atoms with van der Waals surface area (Å²) >= 11 is 3.54. The maximum absolute atomic E-state index is 11.7. The van der Waals surface area contributed by atoms with Gasteiger partial charge in [0.2, 0.25) is 5.91 Å². The predicted molar refractivity (Wildman–Crippen MR) is 73.9 cm³/mol. The van der Waals surface area contributed by atoms with Crippen molar-refractivity contribution in [1.29, 1.82) is 0 Å². The Hall–Kier alpha value is 0.120. The molecule has 0 aromatic heterocycles. The van der Waals surface area contributed by atoms with Crippen molar-refractivity contribution in [3.8, 4) is 0 Å². The van der Waals surface area contributed by atoms with E-state index in [-0.39, 0.29) is 11.2 Å². The molecular formula is C9H18N2O2S3. The number of hydrogen-bond donors (Lipinski definition) is 1. The number of carbonyl (C=O) groups excluding carboxylic acids is 1. The molecule has 1 rings (SSSR count). The van der Waals surface area contributed by atoms with Gasteiger partial charge in [0.05, 0.1) is 11.8 Å². The van der Waals surface area contributed by atoms with Gasteiger partial charge >= 0.3 is 0 Å². The summed E-state index contributed by atoms with van der Waals surface area (Å²) in [7, 11) is -2.03. The summed E-state index contributed by atoms with van der Waals surface area (Å²) in [6.07, 6.45) is 3.20. The van der Waals surface area contributed by atoms with Gasteiger partial charge < -0.3 is 5.32 Å². The zero-order valence-corrected chi connectivity index (χ0v) is 12.1. The van der Waals surface area contributed by atoms with E-state index in [1.165, 1.54) is 0 Å². The van der Waals surface area contributed by atoms with Crippen LogP contribution >= 0.6 is 23.5 Å². The van der Waals surface area contributed by atoms with Crippen LogP contribution in [0.15, 0.2) is 4.36 Å². The Morgan fingerprint density at radius 1 is 1.50 bits per heavy atom. The summed E-state index contributed by atoms with van der Waals surface area (Å²) in [5, 5.41) is 2.91. The molecule has 0 radical (unpaired) electrons. The van der Waals surface area contributed by atoms with Crippen LogP contribution in [0.1, 0.15) is 0 Å². The van der Waals surface area contributed by atoms with E-state index in [1.807, 2.05) is 11.8 Å². The summed E-state index contributed by atoms with van der Waals surface area (Å²) in [6, 6.07) is 0. The van der Waals surface area contributed by atoms with Crippen LogP contribution in [0.2, 0.25) is 0 Å². The predicted octanol–water partition coefficient (Wildman–Crippen LogP) is 0.679. The average molecular weight is 282 g/mol. The number of nitrogens with zero attached hydrogens (tertiary/aromatic N) is 1. The first kappa shape index (κ1) is 14.2. The maximum Gasteiger partial charge on any atom is 0.234 e. The van der Waals surface area contributed by atoms with Gasteiger partial charge in [-0.1, -0.05) is 0 Å². The third kappa shape index (κ3) is 6.00. The molecule has 7 heteroatoms. The van der Waals surface area contributed by atoms with Crippen molar-refractivity contribution in [1.82, 2.24) is 5.32 Å². The van der Waals surface area contributed by atoms with Gasteiger partial charge in [-0.3, -0.25) is 9.00 Å². The Balaban J connectivity index is 2.22. The van der Waals surface area contributed by atoms with Gasteiger partial charge in [0, 0.05) is 46.0 Å². The summed E-state index contributed by atoms with van der Waals surface area (Å²) in [5.41, 5.74) is 0. The Kier molecular flexibility index (Phi) is 5.99. The molecule has 0 saturated carbocycles. The van der Waals surface area contributed by atoms with Gasteiger partial charge in [0.25, 0.3) is 0 Å². The minimum Gasteiger partial charge on any atom is -0.353 e. The Morgan fingerprint density at radius 3 is 2.81 bits per heavy atom. The minimum atomic E-state index is -2.03. The van der Waals surface area contributed by atoms with E-state index in [2.05, 4.69) is 9.68 Å². The molecule has 94 valence electrons. The fraction of sp³-hybridized carbons (Fsp3) is 0.889. The second-order valence-electron chi connectivity index (χ2n) is 3.76. The quantitative estimate of drug-likeness (QED) is 0.770. The zero-order chi connectivity index (χ0) is 12.0. The molecule has 1 amide bonds. The van der Waals surface area contributed by atoms with Crippen molar-refractivity contribution in [3.05, 3.63) is 0 Å². The maximum atomic E-state index is 11.7. The molecule has 0 aromatic carbocycles. The third-order valence-electron chi connectivity index (χ3n) is 1.92. The van der Waals surface area contributed by atoms with Crippen molar-refractivity contribution in [2.75, 3.05) is 42.9 Å². The molecule has 1 unspecified atom stereocenters. The number of amides is 1. The number of nitrogens with one attached hydrogen (secondary N) is 1. The van der Waals surface area contributed by atoms with Crippen molar-refractivity contribution < 1.29 is 9.00 Å².